The van der Waals surface area contributed by atoms with Crippen LogP contribution in [0, 0.1) is 0 Å². The quantitative estimate of drug-likeness (QED) is 0.654. The first kappa shape index (κ1) is 19.1. The summed E-state index contributed by atoms with van der Waals surface area (Å²) >= 11 is 1.71. The summed E-state index contributed by atoms with van der Waals surface area (Å²) in [6, 6.07) is 8.28. The van der Waals surface area contributed by atoms with Gasteiger partial charge in [-0.15, -0.1) is 11.8 Å². The van der Waals surface area contributed by atoms with E-state index >= 15 is 0 Å². The maximum atomic E-state index is 11.3. The zero-order valence-electron chi connectivity index (χ0n) is 15.3. The van der Waals surface area contributed by atoms with Gasteiger partial charge in [0.25, 0.3) is 0 Å². The van der Waals surface area contributed by atoms with Gasteiger partial charge in [-0.05, 0) is 57.1 Å². The second-order valence-corrected chi connectivity index (χ2v) is 7.87. The van der Waals surface area contributed by atoms with Crippen molar-refractivity contribution in [1.29, 1.82) is 0 Å². The van der Waals surface area contributed by atoms with Crippen LogP contribution in [0.25, 0.3) is 6.08 Å². The fourth-order valence-corrected chi connectivity index (χ4v) is 2.75. The highest BCUT2D eigenvalue weighted by Gasteiger charge is 2.52. The summed E-state index contributed by atoms with van der Waals surface area (Å²) in [6.45, 7) is 10.0. The number of nitrogens with one attached hydrogen (secondary N) is 1. The molecule has 0 atom stereocenters. The summed E-state index contributed by atoms with van der Waals surface area (Å²) in [4.78, 5) is 12.5. The van der Waals surface area contributed by atoms with Crippen molar-refractivity contribution in [1.82, 2.24) is 5.32 Å². The molecule has 4 nitrogen and oxygen atoms in total. The first-order chi connectivity index (χ1) is 11.1. The van der Waals surface area contributed by atoms with Crippen molar-refractivity contribution in [2.75, 3.05) is 12.8 Å². The van der Waals surface area contributed by atoms with Crippen LogP contribution in [0.15, 0.2) is 34.6 Å². The third-order valence-electron chi connectivity index (χ3n) is 4.57. The van der Waals surface area contributed by atoms with Crippen LogP contribution >= 0.6 is 11.8 Å². The smallest absolute Gasteiger partial charge is 0.400 e. The highest BCUT2D eigenvalue weighted by molar-refractivity contribution is 7.98. The van der Waals surface area contributed by atoms with Gasteiger partial charge >= 0.3 is 7.12 Å². The lowest BCUT2D eigenvalue weighted by Crippen LogP contribution is -2.41. The molecule has 1 saturated heterocycles. The minimum Gasteiger partial charge on any atom is -0.400 e. The molecule has 2 rings (SSSR count). The molecule has 6 heteroatoms. The van der Waals surface area contributed by atoms with E-state index in [0.717, 1.165) is 11.0 Å². The maximum Gasteiger partial charge on any atom is 0.492 e. The summed E-state index contributed by atoms with van der Waals surface area (Å²) in [5.41, 5.74) is 1.15. The summed E-state index contributed by atoms with van der Waals surface area (Å²) in [7, 11) is -0.470. The van der Waals surface area contributed by atoms with Crippen LogP contribution in [0.2, 0.25) is 0 Å². The van der Waals surface area contributed by atoms with E-state index in [1.165, 1.54) is 11.8 Å². The van der Waals surface area contributed by atoms with Crippen molar-refractivity contribution in [3.63, 3.8) is 0 Å². The number of hydrogen-bond donors (Lipinski definition) is 1. The summed E-state index contributed by atoms with van der Waals surface area (Å²) in [5.74, 6) is -0.0739. The van der Waals surface area contributed by atoms with Crippen LogP contribution in [0.1, 0.15) is 40.2 Å². The third kappa shape index (κ3) is 4.44. The zero-order chi connectivity index (χ0) is 18.0. The molecular formula is C18H26BNO3S. The molecule has 1 aliphatic heterocycles. The van der Waals surface area contributed by atoms with Gasteiger partial charge in [-0.25, -0.2) is 0 Å². The molecule has 0 spiro atoms. The Bertz CT molecular complexity index is 610. The number of benzene rings is 1. The Balaban J connectivity index is 2.27. The van der Waals surface area contributed by atoms with Gasteiger partial charge in [0, 0.05) is 18.4 Å². The van der Waals surface area contributed by atoms with Gasteiger partial charge in [-0.1, -0.05) is 18.2 Å². The monoisotopic (exact) mass is 347 g/mol. The van der Waals surface area contributed by atoms with Gasteiger partial charge in [0.05, 0.1) is 11.2 Å². The first-order valence-electron chi connectivity index (χ1n) is 8.09. The number of carbonyl (C=O) groups is 1. The van der Waals surface area contributed by atoms with Crippen molar-refractivity contribution in [2.45, 2.75) is 50.7 Å². The molecule has 1 aromatic carbocycles. The number of rotatable bonds is 5. The lowest BCUT2D eigenvalue weighted by molar-refractivity contribution is -0.118. The second kappa shape index (κ2) is 7.34. The van der Waals surface area contributed by atoms with E-state index in [1.54, 1.807) is 11.8 Å². The number of carbonyl (C=O) groups excluding carboxylic acids is 1. The summed E-state index contributed by atoms with van der Waals surface area (Å²) in [5, 5.41) is 2.85. The van der Waals surface area contributed by atoms with Gasteiger partial charge in [0.1, 0.15) is 0 Å². The average Bonchev–Trinajstić information content (AvgIpc) is 2.72. The second-order valence-electron chi connectivity index (χ2n) is 6.99. The highest BCUT2D eigenvalue weighted by atomic mass is 32.2. The normalized spacial score (nSPS) is 19.4. The molecule has 0 aromatic heterocycles. The summed E-state index contributed by atoms with van der Waals surface area (Å²) in [6.07, 6.45) is 4.08. The minimum absolute atomic E-state index is 0.0739. The molecule has 1 N–H and O–H groups in total. The van der Waals surface area contributed by atoms with Gasteiger partial charge in [-0.3, -0.25) is 4.79 Å². The Morgan fingerprint density at radius 3 is 2.17 bits per heavy atom. The Labute approximate surface area is 149 Å². The number of amides is 1. The fraction of sp³-hybridized carbons (Fsp3) is 0.500. The molecule has 1 amide bonds. The highest BCUT2D eigenvalue weighted by Crippen LogP contribution is 2.38. The lowest BCUT2D eigenvalue weighted by Gasteiger charge is -2.32. The van der Waals surface area contributed by atoms with Crippen molar-refractivity contribution >= 4 is 30.9 Å². The van der Waals surface area contributed by atoms with Crippen LogP contribution < -0.4 is 5.32 Å². The van der Waals surface area contributed by atoms with E-state index in [0.29, 0.717) is 6.54 Å². The van der Waals surface area contributed by atoms with Crippen molar-refractivity contribution in [3.8, 4) is 0 Å². The van der Waals surface area contributed by atoms with Crippen LogP contribution in [0.5, 0.6) is 0 Å². The van der Waals surface area contributed by atoms with Gasteiger partial charge in [0.2, 0.25) is 5.91 Å². The predicted molar refractivity (Wildman–Crippen MR) is 101 cm³/mol. The average molecular weight is 347 g/mol. The van der Waals surface area contributed by atoms with Crippen LogP contribution in [-0.2, 0) is 14.1 Å². The lowest BCUT2D eigenvalue weighted by atomic mass is 9.77. The molecule has 0 radical (unpaired) electrons. The summed E-state index contributed by atoms with van der Waals surface area (Å²) < 4.78 is 12.3. The minimum atomic E-state index is -0.470. The van der Waals surface area contributed by atoms with E-state index in [9.17, 15) is 4.79 Å². The number of thioether (sulfide) groups is 1. The molecule has 1 aliphatic rings. The molecule has 24 heavy (non-hydrogen) atoms. The maximum absolute atomic E-state index is 11.3. The zero-order valence-corrected chi connectivity index (χ0v) is 16.1. The van der Waals surface area contributed by atoms with Crippen molar-refractivity contribution < 1.29 is 14.1 Å². The molecule has 1 heterocycles. The Morgan fingerprint density at radius 2 is 1.71 bits per heavy atom. The van der Waals surface area contributed by atoms with Crippen molar-refractivity contribution in [2.24, 2.45) is 0 Å². The third-order valence-corrected chi connectivity index (χ3v) is 5.31. The van der Waals surface area contributed by atoms with Gasteiger partial charge in [0.15, 0.2) is 0 Å². The standard InChI is InChI=1S/C18H26BNO3S/c1-13(21)20-12-15(11-14-7-9-16(24-6)10-8-14)19-22-17(2,3)18(4,5)23-19/h7-11H,12H2,1-6H3,(H,20,21). The SMILES string of the molecule is CSc1ccc(C=C(CNC(C)=O)B2OC(C)(C)C(C)(C)O2)cc1. The Kier molecular flexibility index (Phi) is 5.84. The van der Waals surface area contributed by atoms with Crippen LogP contribution in [0.3, 0.4) is 0 Å². The molecular weight excluding hydrogens is 321 g/mol. The van der Waals surface area contributed by atoms with Gasteiger partial charge in [-0.2, -0.15) is 0 Å². The predicted octanol–water partition coefficient (Wildman–Crippen LogP) is 3.56. The van der Waals surface area contributed by atoms with Crippen LogP contribution in [-0.4, -0.2) is 37.0 Å². The van der Waals surface area contributed by atoms with E-state index in [-0.39, 0.29) is 5.91 Å². The molecule has 0 unspecified atom stereocenters. The molecule has 1 aromatic rings. The Hall–Kier alpha value is -1.24. The van der Waals surface area contributed by atoms with Gasteiger partial charge < -0.3 is 14.6 Å². The topological polar surface area (TPSA) is 47.6 Å². The fourth-order valence-electron chi connectivity index (χ4n) is 2.34. The molecule has 130 valence electrons. The van der Waals surface area contributed by atoms with E-state index in [1.807, 2.05) is 33.8 Å². The Morgan fingerprint density at radius 1 is 1.17 bits per heavy atom. The van der Waals surface area contributed by atoms with E-state index in [4.69, 9.17) is 9.31 Å². The van der Waals surface area contributed by atoms with E-state index < -0.39 is 18.3 Å². The molecule has 0 saturated carbocycles. The molecule has 0 bridgehead atoms. The molecule has 1 fully saturated rings. The largest absolute Gasteiger partial charge is 0.492 e. The molecule has 0 aliphatic carbocycles. The number of hydrogen-bond acceptors (Lipinski definition) is 4. The van der Waals surface area contributed by atoms with E-state index in [2.05, 4.69) is 35.8 Å². The van der Waals surface area contributed by atoms with Crippen LogP contribution in [0.4, 0.5) is 0 Å². The first-order valence-corrected chi connectivity index (χ1v) is 9.32. The van der Waals surface area contributed by atoms with Crippen molar-refractivity contribution in [3.05, 3.63) is 35.3 Å².